The first-order valence-electron chi connectivity index (χ1n) is 4.32. The summed E-state index contributed by atoms with van der Waals surface area (Å²) in [5.74, 6) is 0. The SMILES string of the molecule is CSc1ccc([C@H](O)[C@@H](N)CBr)cc1. The number of nitrogens with two attached hydrogens (primary N) is 1. The standard InChI is InChI=1S/C10H14BrNOS/c1-14-8-4-2-7(3-5-8)10(13)9(12)6-11/h2-5,9-10,13H,6,12H2,1H3/t9-,10-/m0/s1. The number of hydrogen-bond donors (Lipinski definition) is 2. The number of alkyl halides is 1. The predicted octanol–water partition coefficient (Wildman–Crippen LogP) is 2.16. The Morgan fingerprint density at radius 1 is 1.43 bits per heavy atom. The molecule has 0 spiro atoms. The molecule has 3 N–H and O–H groups in total. The van der Waals surface area contributed by atoms with Crippen LogP contribution in [0.15, 0.2) is 29.2 Å². The first-order valence-corrected chi connectivity index (χ1v) is 6.67. The summed E-state index contributed by atoms with van der Waals surface area (Å²) >= 11 is 4.93. The van der Waals surface area contributed by atoms with Crippen LogP contribution in [0.4, 0.5) is 0 Å². The molecule has 0 fully saturated rings. The topological polar surface area (TPSA) is 46.2 Å². The van der Waals surface area contributed by atoms with Gasteiger partial charge in [-0.25, -0.2) is 0 Å². The molecule has 0 aliphatic rings. The fraction of sp³-hybridized carbons (Fsp3) is 0.400. The summed E-state index contributed by atoms with van der Waals surface area (Å²) in [6.45, 7) is 0. The maximum atomic E-state index is 9.79. The third-order valence-electron chi connectivity index (χ3n) is 2.04. The van der Waals surface area contributed by atoms with Crippen LogP contribution in [0.5, 0.6) is 0 Å². The molecule has 0 unspecified atom stereocenters. The third-order valence-corrected chi connectivity index (χ3v) is 3.53. The van der Waals surface area contributed by atoms with E-state index in [9.17, 15) is 5.11 Å². The van der Waals surface area contributed by atoms with E-state index in [2.05, 4.69) is 15.9 Å². The summed E-state index contributed by atoms with van der Waals surface area (Å²) < 4.78 is 0. The van der Waals surface area contributed by atoms with E-state index in [1.807, 2.05) is 30.5 Å². The van der Waals surface area contributed by atoms with Crippen molar-refractivity contribution in [1.82, 2.24) is 0 Å². The van der Waals surface area contributed by atoms with Crippen LogP contribution in [-0.4, -0.2) is 22.7 Å². The molecule has 0 aromatic heterocycles. The Kier molecular flexibility index (Phi) is 4.95. The molecule has 0 aliphatic carbocycles. The zero-order valence-corrected chi connectivity index (χ0v) is 10.4. The number of aliphatic hydroxyl groups excluding tert-OH is 1. The van der Waals surface area contributed by atoms with Crippen LogP contribution in [0.25, 0.3) is 0 Å². The van der Waals surface area contributed by atoms with Crippen LogP contribution in [0, 0.1) is 0 Å². The van der Waals surface area contributed by atoms with Crippen LogP contribution < -0.4 is 5.73 Å². The molecule has 2 atom stereocenters. The lowest BCUT2D eigenvalue weighted by Crippen LogP contribution is -2.29. The van der Waals surface area contributed by atoms with E-state index in [1.165, 1.54) is 4.90 Å². The maximum absolute atomic E-state index is 9.79. The molecule has 0 saturated carbocycles. The number of thioether (sulfide) groups is 1. The molecular weight excluding hydrogens is 262 g/mol. The van der Waals surface area contributed by atoms with Crippen molar-refractivity contribution in [2.75, 3.05) is 11.6 Å². The lowest BCUT2D eigenvalue weighted by atomic mass is 10.0. The largest absolute Gasteiger partial charge is 0.387 e. The summed E-state index contributed by atoms with van der Waals surface area (Å²) in [5.41, 5.74) is 6.59. The highest BCUT2D eigenvalue weighted by Gasteiger charge is 2.15. The maximum Gasteiger partial charge on any atom is 0.0949 e. The average Bonchev–Trinajstić information content (AvgIpc) is 2.27. The van der Waals surface area contributed by atoms with Crippen LogP contribution >= 0.6 is 27.7 Å². The first-order chi connectivity index (χ1) is 6.69. The fourth-order valence-electron chi connectivity index (χ4n) is 1.13. The van der Waals surface area contributed by atoms with Gasteiger partial charge in [0.1, 0.15) is 0 Å². The number of benzene rings is 1. The summed E-state index contributed by atoms with van der Waals surface area (Å²) in [5, 5.41) is 10.4. The highest BCUT2D eigenvalue weighted by atomic mass is 79.9. The van der Waals surface area contributed by atoms with Gasteiger partial charge in [-0.1, -0.05) is 28.1 Å². The molecule has 0 heterocycles. The Labute approximate surface area is 97.0 Å². The lowest BCUT2D eigenvalue weighted by molar-refractivity contribution is 0.155. The molecule has 0 aliphatic heterocycles. The second kappa shape index (κ2) is 5.75. The molecule has 0 bridgehead atoms. The molecular formula is C10H14BrNOS. The number of hydrogen-bond acceptors (Lipinski definition) is 3. The molecule has 2 nitrogen and oxygen atoms in total. The van der Waals surface area contributed by atoms with Crippen LogP contribution in [0.1, 0.15) is 11.7 Å². The monoisotopic (exact) mass is 275 g/mol. The lowest BCUT2D eigenvalue weighted by Gasteiger charge is -2.16. The van der Waals surface area contributed by atoms with Crippen molar-refractivity contribution in [1.29, 1.82) is 0 Å². The Morgan fingerprint density at radius 3 is 2.43 bits per heavy atom. The Bertz CT molecular complexity index is 278. The van der Waals surface area contributed by atoms with Gasteiger partial charge in [0, 0.05) is 16.3 Å². The molecule has 4 heteroatoms. The molecule has 1 aromatic carbocycles. The highest BCUT2D eigenvalue weighted by molar-refractivity contribution is 9.09. The van der Waals surface area contributed by atoms with Gasteiger partial charge in [0.15, 0.2) is 0 Å². The Morgan fingerprint density at radius 2 is 2.00 bits per heavy atom. The van der Waals surface area contributed by atoms with Gasteiger partial charge in [0.2, 0.25) is 0 Å². The van der Waals surface area contributed by atoms with Crippen molar-refractivity contribution in [3.8, 4) is 0 Å². The van der Waals surface area contributed by atoms with Crippen molar-refractivity contribution >= 4 is 27.7 Å². The minimum Gasteiger partial charge on any atom is -0.387 e. The van der Waals surface area contributed by atoms with E-state index in [1.54, 1.807) is 11.8 Å². The van der Waals surface area contributed by atoms with E-state index >= 15 is 0 Å². The molecule has 1 aromatic rings. The van der Waals surface area contributed by atoms with Crippen molar-refractivity contribution in [2.24, 2.45) is 5.73 Å². The minimum absolute atomic E-state index is 0.255. The summed E-state index contributed by atoms with van der Waals surface area (Å²) in [6.07, 6.45) is 1.43. The van der Waals surface area contributed by atoms with E-state index in [0.29, 0.717) is 5.33 Å². The van der Waals surface area contributed by atoms with Crippen LogP contribution in [0.2, 0.25) is 0 Å². The van der Waals surface area contributed by atoms with Crippen molar-refractivity contribution in [2.45, 2.75) is 17.0 Å². The predicted molar refractivity (Wildman–Crippen MR) is 65.0 cm³/mol. The molecule has 0 radical (unpaired) electrons. The highest BCUT2D eigenvalue weighted by Crippen LogP contribution is 2.21. The average molecular weight is 276 g/mol. The Hall–Kier alpha value is -0.0300. The van der Waals surface area contributed by atoms with Gasteiger partial charge in [-0.15, -0.1) is 11.8 Å². The van der Waals surface area contributed by atoms with Gasteiger partial charge in [0.25, 0.3) is 0 Å². The van der Waals surface area contributed by atoms with E-state index in [-0.39, 0.29) is 6.04 Å². The smallest absolute Gasteiger partial charge is 0.0949 e. The number of rotatable bonds is 4. The fourth-order valence-corrected chi connectivity index (χ4v) is 1.90. The van der Waals surface area contributed by atoms with E-state index < -0.39 is 6.10 Å². The van der Waals surface area contributed by atoms with Crippen molar-refractivity contribution in [3.05, 3.63) is 29.8 Å². The number of halogens is 1. The normalized spacial score (nSPS) is 15.1. The molecule has 0 saturated heterocycles. The zero-order valence-electron chi connectivity index (χ0n) is 7.98. The van der Waals surface area contributed by atoms with Gasteiger partial charge in [-0.2, -0.15) is 0 Å². The van der Waals surface area contributed by atoms with Gasteiger partial charge >= 0.3 is 0 Å². The summed E-state index contributed by atoms with van der Waals surface area (Å²) in [7, 11) is 0. The first kappa shape index (κ1) is 12.0. The second-order valence-electron chi connectivity index (χ2n) is 3.04. The Balaban J connectivity index is 2.75. The summed E-state index contributed by atoms with van der Waals surface area (Å²) in [4.78, 5) is 1.19. The van der Waals surface area contributed by atoms with Crippen molar-refractivity contribution < 1.29 is 5.11 Å². The molecule has 0 amide bonds. The van der Waals surface area contributed by atoms with Gasteiger partial charge < -0.3 is 10.8 Å². The van der Waals surface area contributed by atoms with Gasteiger partial charge in [-0.05, 0) is 24.0 Å². The number of aliphatic hydroxyl groups is 1. The molecule has 1 rings (SSSR count). The molecule has 78 valence electrons. The van der Waals surface area contributed by atoms with E-state index in [4.69, 9.17) is 5.73 Å². The molecule has 14 heavy (non-hydrogen) atoms. The third kappa shape index (κ3) is 2.98. The second-order valence-corrected chi connectivity index (χ2v) is 4.56. The van der Waals surface area contributed by atoms with Crippen LogP contribution in [0.3, 0.4) is 0 Å². The summed E-state index contributed by atoms with van der Waals surface area (Å²) in [6, 6.07) is 7.56. The van der Waals surface area contributed by atoms with Crippen LogP contribution in [-0.2, 0) is 0 Å². The quantitative estimate of drug-likeness (QED) is 0.654. The van der Waals surface area contributed by atoms with E-state index in [0.717, 1.165) is 5.56 Å². The van der Waals surface area contributed by atoms with Gasteiger partial charge in [-0.3, -0.25) is 0 Å². The minimum atomic E-state index is -0.592. The zero-order chi connectivity index (χ0) is 10.6. The van der Waals surface area contributed by atoms with Crippen molar-refractivity contribution in [3.63, 3.8) is 0 Å². The van der Waals surface area contributed by atoms with Gasteiger partial charge in [0.05, 0.1) is 6.10 Å².